The highest BCUT2D eigenvalue weighted by Crippen LogP contribution is 2.29. The Morgan fingerprint density at radius 1 is 1.22 bits per heavy atom. The normalized spacial score (nSPS) is 29.4. The van der Waals surface area contributed by atoms with Crippen molar-refractivity contribution in [1.29, 1.82) is 0 Å². The Labute approximate surface area is 107 Å². The highest BCUT2D eigenvalue weighted by Gasteiger charge is 2.31. The third-order valence-corrected chi connectivity index (χ3v) is 4.33. The van der Waals surface area contributed by atoms with Crippen LogP contribution in [0.25, 0.3) is 0 Å². The van der Waals surface area contributed by atoms with Gasteiger partial charge in [-0.1, -0.05) is 6.42 Å². The highest BCUT2D eigenvalue weighted by molar-refractivity contribution is 5.75. The molecule has 2 rings (SSSR count). The highest BCUT2D eigenvalue weighted by atomic mass is 16.4. The summed E-state index contributed by atoms with van der Waals surface area (Å²) in [4.78, 5) is 22.6. The van der Waals surface area contributed by atoms with Gasteiger partial charge >= 0.3 is 12.0 Å². The molecule has 0 aromatic heterocycles. The van der Waals surface area contributed by atoms with Gasteiger partial charge in [0.25, 0.3) is 0 Å². The molecule has 2 aliphatic carbocycles. The van der Waals surface area contributed by atoms with Crippen LogP contribution in [-0.4, -0.2) is 29.2 Å². The van der Waals surface area contributed by atoms with Crippen molar-refractivity contribution in [3.8, 4) is 0 Å². The third-order valence-electron chi connectivity index (χ3n) is 4.33. The number of carbonyl (C=O) groups is 2. The van der Waals surface area contributed by atoms with Gasteiger partial charge in [-0.25, -0.2) is 4.79 Å². The number of hydrogen-bond acceptors (Lipinski definition) is 2. The number of rotatable bonds is 4. The zero-order valence-corrected chi connectivity index (χ0v) is 10.8. The van der Waals surface area contributed by atoms with E-state index in [1.54, 1.807) is 0 Å². The summed E-state index contributed by atoms with van der Waals surface area (Å²) in [5, 5.41) is 14.7. The summed E-state index contributed by atoms with van der Waals surface area (Å²) in [6, 6.07) is 0.0838. The Balaban J connectivity index is 1.69. The number of carbonyl (C=O) groups excluding carboxylic acids is 1. The van der Waals surface area contributed by atoms with Crippen molar-refractivity contribution in [2.45, 2.75) is 57.5 Å². The van der Waals surface area contributed by atoms with E-state index >= 15 is 0 Å². The van der Waals surface area contributed by atoms with Crippen LogP contribution in [0.4, 0.5) is 4.79 Å². The molecule has 2 aliphatic rings. The summed E-state index contributed by atoms with van der Waals surface area (Å²) in [6.45, 7) is 2.04. The van der Waals surface area contributed by atoms with Gasteiger partial charge in [0.2, 0.25) is 0 Å². The molecule has 5 heteroatoms. The largest absolute Gasteiger partial charge is 0.481 e. The lowest BCUT2D eigenvalue weighted by Crippen LogP contribution is -2.48. The van der Waals surface area contributed by atoms with Crippen molar-refractivity contribution in [3.05, 3.63) is 0 Å². The van der Waals surface area contributed by atoms with Crippen LogP contribution in [0.15, 0.2) is 0 Å². The van der Waals surface area contributed by atoms with Crippen LogP contribution >= 0.6 is 0 Å². The molecule has 0 bridgehead atoms. The number of urea groups is 1. The minimum atomic E-state index is -0.748. The number of carboxylic acids is 1. The van der Waals surface area contributed by atoms with Crippen LogP contribution in [-0.2, 0) is 4.79 Å². The van der Waals surface area contributed by atoms with Crippen LogP contribution in [0.3, 0.4) is 0 Å². The van der Waals surface area contributed by atoms with E-state index in [4.69, 9.17) is 5.11 Å². The number of aliphatic carboxylic acids is 1. The van der Waals surface area contributed by atoms with Crippen molar-refractivity contribution in [2.24, 2.45) is 11.8 Å². The first-order valence-electron chi connectivity index (χ1n) is 6.86. The fourth-order valence-electron chi connectivity index (χ4n) is 2.83. The zero-order valence-electron chi connectivity index (χ0n) is 10.8. The van der Waals surface area contributed by atoms with Crippen LogP contribution in [0, 0.1) is 11.8 Å². The van der Waals surface area contributed by atoms with Gasteiger partial charge in [-0.2, -0.15) is 0 Å². The average Bonchev–Trinajstić information content (AvgIpc) is 2.62. The summed E-state index contributed by atoms with van der Waals surface area (Å²) in [5.41, 5.74) is 0. The Hall–Kier alpha value is -1.26. The van der Waals surface area contributed by atoms with Gasteiger partial charge in [0.15, 0.2) is 0 Å². The van der Waals surface area contributed by atoms with Crippen molar-refractivity contribution >= 4 is 12.0 Å². The summed E-state index contributed by atoms with van der Waals surface area (Å²) in [5.74, 6) is -0.423. The second-order valence-corrected chi connectivity index (χ2v) is 5.64. The predicted molar refractivity (Wildman–Crippen MR) is 67.2 cm³/mol. The molecule has 0 saturated heterocycles. The Morgan fingerprint density at radius 2 is 1.94 bits per heavy atom. The second kappa shape index (κ2) is 5.59. The molecule has 0 aromatic rings. The molecule has 5 nitrogen and oxygen atoms in total. The molecule has 0 aliphatic heterocycles. The number of hydrogen-bond donors (Lipinski definition) is 3. The number of nitrogens with one attached hydrogen (secondary N) is 2. The zero-order chi connectivity index (χ0) is 13.1. The molecule has 2 saturated carbocycles. The molecule has 0 spiro atoms. The third kappa shape index (κ3) is 3.15. The minimum Gasteiger partial charge on any atom is -0.481 e. The maximum absolute atomic E-state index is 11.8. The van der Waals surface area contributed by atoms with E-state index in [0.717, 1.165) is 6.42 Å². The number of carboxylic acid groups (broad SMARTS) is 1. The maximum Gasteiger partial charge on any atom is 0.315 e. The standard InChI is InChI=1S/C13H22N2O3/c1-8(9-3-2-4-9)14-13(18)15-11-6-5-10(7-11)12(16)17/h8-11H,2-7H2,1H3,(H,16,17)(H2,14,15,18)/t8?,10-,11+/m1/s1. The molecule has 18 heavy (non-hydrogen) atoms. The molecule has 2 fully saturated rings. The van der Waals surface area contributed by atoms with Gasteiger partial charge in [-0.3, -0.25) is 4.79 Å². The summed E-state index contributed by atoms with van der Waals surface area (Å²) in [7, 11) is 0. The second-order valence-electron chi connectivity index (χ2n) is 5.64. The molecule has 3 N–H and O–H groups in total. The lowest BCUT2D eigenvalue weighted by Gasteiger charge is -2.32. The van der Waals surface area contributed by atoms with Crippen LogP contribution in [0.5, 0.6) is 0 Å². The van der Waals surface area contributed by atoms with Crippen molar-refractivity contribution in [1.82, 2.24) is 10.6 Å². The van der Waals surface area contributed by atoms with E-state index in [2.05, 4.69) is 10.6 Å². The summed E-state index contributed by atoms with van der Waals surface area (Å²) in [6.07, 6.45) is 5.65. The van der Waals surface area contributed by atoms with E-state index in [1.807, 2.05) is 6.92 Å². The van der Waals surface area contributed by atoms with E-state index in [9.17, 15) is 9.59 Å². The summed E-state index contributed by atoms with van der Waals surface area (Å²) >= 11 is 0. The summed E-state index contributed by atoms with van der Waals surface area (Å²) < 4.78 is 0. The first-order chi connectivity index (χ1) is 8.56. The van der Waals surface area contributed by atoms with Gasteiger partial charge in [0.1, 0.15) is 0 Å². The van der Waals surface area contributed by atoms with Crippen LogP contribution < -0.4 is 10.6 Å². The molecule has 2 amide bonds. The van der Waals surface area contributed by atoms with Crippen molar-refractivity contribution in [3.63, 3.8) is 0 Å². The lowest BCUT2D eigenvalue weighted by molar-refractivity contribution is -0.141. The average molecular weight is 254 g/mol. The number of amides is 2. The minimum absolute atomic E-state index is 0.0136. The van der Waals surface area contributed by atoms with Crippen LogP contribution in [0.2, 0.25) is 0 Å². The molecular formula is C13H22N2O3. The predicted octanol–water partition coefficient (Wildman–Crippen LogP) is 1.73. The molecule has 0 aromatic carbocycles. The molecule has 1 unspecified atom stereocenters. The van der Waals surface area contributed by atoms with Gasteiger partial charge in [0, 0.05) is 12.1 Å². The Kier molecular flexibility index (Phi) is 4.09. The molecule has 0 heterocycles. The maximum atomic E-state index is 11.8. The fourth-order valence-corrected chi connectivity index (χ4v) is 2.83. The van der Waals surface area contributed by atoms with E-state index in [0.29, 0.717) is 18.8 Å². The topological polar surface area (TPSA) is 78.4 Å². The molecule has 0 radical (unpaired) electrons. The molecule has 3 atom stereocenters. The Morgan fingerprint density at radius 3 is 2.44 bits per heavy atom. The first kappa shape index (κ1) is 13.2. The molecule has 102 valence electrons. The van der Waals surface area contributed by atoms with E-state index in [-0.39, 0.29) is 24.0 Å². The van der Waals surface area contributed by atoms with Crippen LogP contribution in [0.1, 0.15) is 45.4 Å². The van der Waals surface area contributed by atoms with Gasteiger partial charge in [0.05, 0.1) is 5.92 Å². The monoisotopic (exact) mass is 254 g/mol. The SMILES string of the molecule is CC(NC(=O)N[C@H]1CC[C@@H](C(=O)O)C1)C1CCC1. The van der Waals surface area contributed by atoms with Crippen molar-refractivity contribution in [2.75, 3.05) is 0 Å². The Bertz CT molecular complexity index is 328. The van der Waals surface area contributed by atoms with Crippen molar-refractivity contribution < 1.29 is 14.7 Å². The van der Waals surface area contributed by atoms with E-state index in [1.165, 1.54) is 19.3 Å². The van der Waals surface area contributed by atoms with Gasteiger partial charge in [-0.15, -0.1) is 0 Å². The smallest absolute Gasteiger partial charge is 0.315 e. The quantitative estimate of drug-likeness (QED) is 0.715. The molecular weight excluding hydrogens is 232 g/mol. The van der Waals surface area contributed by atoms with E-state index < -0.39 is 5.97 Å². The lowest BCUT2D eigenvalue weighted by atomic mass is 9.80. The van der Waals surface area contributed by atoms with Gasteiger partial charge < -0.3 is 15.7 Å². The van der Waals surface area contributed by atoms with Gasteiger partial charge in [-0.05, 0) is 44.9 Å². The first-order valence-corrected chi connectivity index (χ1v) is 6.86. The fraction of sp³-hybridized carbons (Fsp3) is 0.846.